The molecule has 1 fully saturated rings. The Balaban J connectivity index is 1.93. The molecule has 5 nitrogen and oxygen atoms in total. The number of carbonyl (C=O) groups excluding carboxylic acids is 1. The molecule has 0 aromatic heterocycles. The molecule has 5 heteroatoms. The second-order valence-corrected chi connectivity index (χ2v) is 5.84. The predicted molar refractivity (Wildman–Crippen MR) is 87.3 cm³/mol. The molecule has 2 rings (SSSR count). The van der Waals surface area contributed by atoms with Crippen LogP contribution in [0.1, 0.15) is 38.2 Å². The fourth-order valence-electron chi connectivity index (χ4n) is 2.98. The lowest BCUT2D eigenvalue weighted by Crippen LogP contribution is -2.45. The molecule has 22 heavy (non-hydrogen) atoms. The summed E-state index contributed by atoms with van der Waals surface area (Å²) in [6, 6.07) is 5.46. The number of aliphatic hydroxyl groups is 1. The van der Waals surface area contributed by atoms with Crippen molar-refractivity contribution in [3.05, 3.63) is 23.8 Å². The average Bonchev–Trinajstić information content (AvgIpc) is 2.51. The summed E-state index contributed by atoms with van der Waals surface area (Å²) in [6.07, 6.45) is 4.14. The molecule has 0 unspecified atom stereocenters. The van der Waals surface area contributed by atoms with Crippen molar-refractivity contribution in [1.29, 1.82) is 0 Å². The van der Waals surface area contributed by atoms with Crippen LogP contribution in [0.5, 0.6) is 5.75 Å². The van der Waals surface area contributed by atoms with Crippen LogP contribution in [0.2, 0.25) is 0 Å². The lowest BCUT2D eigenvalue weighted by molar-refractivity contribution is 0.156. The van der Waals surface area contributed by atoms with E-state index in [-0.39, 0.29) is 24.6 Å². The quantitative estimate of drug-likeness (QED) is 0.783. The molecule has 0 spiro atoms. The van der Waals surface area contributed by atoms with Crippen LogP contribution in [0, 0.1) is 12.8 Å². The highest BCUT2D eigenvalue weighted by atomic mass is 16.5. The van der Waals surface area contributed by atoms with E-state index in [0.717, 1.165) is 42.7 Å². The van der Waals surface area contributed by atoms with Gasteiger partial charge in [0.05, 0.1) is 6.61 Å². The van der Waals surface area contributed by atoms with E-state index in [2.05, 4.69) is 10.6 Å². The van der Waals surface area contributed by atoms with Crippen LogP contribution in [0.25, 0.3) is 0 Å². The Morgan fingerprint density at radius 1 is 1.36 bits per heavy atom. The van der Waals surface area contributed by atoms with Gasteiger partial charge in [-0.15, -0.1) is 0 Å². The molecular formula is C17H26N2O3. The number of urea groups is 1. The van der Waals surface area contributed by atoms with Gasteiger partial charge in [0.25, 0.3) is 0 Å². The second-order valence-electron chi connectivity index (χ2n) is 5.84. The fraction of sp³-hybridized carbons (Fsp3) is 0.588. The summed E-state index contributed by atoms with van der Waals surface area (Å²) in [5.41, 5.74) is 1.74. The number of aryl methyl sites for hydroxylation is 1. The number of anilines is 1. The molecule has 2 amide bonds. The van der Waals surface area contributed by atoms with Gasteiger partial charge in [0, 0.05) is 24.3 Å². The van der Waals surface area contributed by atoms with Gasteiger partial charge in [-0.2, -0.15) is 0 Å². The van der Waals surface area contributed by atoms with Crippen molar-refractivity contribution in [2.45, 2.75) is 45.6 Å². The predicted octanol–water partition coefficient (Wildman–Crippen LogP) is 3.07. The first-order valence-corrected chi connectivity index (χ1v) is 8.06. The SMILES string of the molecule is CCOc1ccc(NC(=O)N[C@@H]2CCCC[C@@H]2CO)c(C)c1. The fourth-order valence-corrected chi connectivity index (χ4v) is 2.98. The molecule has 0 radical (unpaired) electrons. The van der Waals surface area contributed by atoms with Crippen LogP contribution in [-0.2, 0) is 0 Å². The van der Waals surface area contributed by atoms with Gasteiger partial charge in [0.1, 0.15) is 5.75 Å². The number of amides is 2. The first-order valence-electron chi connectivity index (χ1n) is 8.06. The minimum atomic E-state index is -0.211. The highest BCUT2D eigenvalue weighted by Gasteiger charge is 2.25. The zero-order valence-corrected chi connectivity index (χ0v) is 13.4. The Labute approximate surface area is 132 Å². The number of nitrogens with one attached hydrogen (secondary N) is 2. The van der Waals surface area contributed by atoms with E-state index in [0.29, 0.717) is 6.61 Å². The summed E-state index contributed by atoms with van der Waals surface area (Å²) in [6.45, 7) is 4.63. The first kappa shape index (κ1) is 16.6. The van der Waals surface area contributed by atoms with Crippen molar-refractivity contribution in [1.82, 2.24) is 5.32 Å². The molecule has 0 heterocycles. The Kier molecular flexibility index (Phi) is 6.07. The molecule has 1 saturated carbocycles. The maximum atomic E-state index is 12.2. The summed E-state index contributed by atoms with van der Waals surface area (Å²) >= 11 is 0. The molecule has 0 bridgehead atoms. The molecule has 1 aliphatic rings. The molecule has 1 aromatic carbocycles. The lowest BCUT2D eigenvalue weighted by Gasteiger charge is -2.30. The van der Waals surface area contributed by atoms with Gasteiger partial charge in [-0.3, -0.25) is 0 Å². The number of ether oxygens (including phenoxy) is 1. The number of hydrogen-bond acceptors (Lipinski definition) is 3. The van der Waals surface area contributed by atoms with Gasteiger partial charge in [-0.25, -0.2) is 4.79 Å². The van der Waals surface area contributed by atoms with E-state index in [4.69, 9.17) is 4.74 Å². The standard InChI is InChI=1S/C17H26N2O3/c1-3-22-14-8-9-15(12(2)10-14)18-17(21)19-16-7-5-4-6-13(16)11-20/h8-10,13,16,20H,3-7,11H2,1-2H3,(H2,18,19,21)/t13-,16-/m1/s1. The van der Waals surface area contributed by atoms with Gasteiger partial charge < -0.3 is 20.5 Å². The van der Waals surface area contributed by atoms with Gasteiger partial charge in [-0.05, 0) is 50.5 Å². The van der Waals surface area contributed by atoms with Crippen molar-refractivity contribution in [2.24, 2.45) is 5.92 Å². The van der Waals surface area contributed by atoms with E-state index >= 15 is 0 Å². The Morgan fingerprint density at radius 2 is 2.14 bits per heavy atom. The number of aliphatic hydroxyl groups excluding tert-OH is 1. The minimum Gasteiger partial charge on any atom is -0.494 e. The van der Waals surface area contributed by atoms with E-state index < -0.39 is 0 Å². The van der Waals surface area contributed by atoms with Crippen LogP contribution in [0.3, 0.4) is 0 Å². The van der Waals surface area contributed by atoms with Crippen molar-refractivity contribution < 1.29 is 14.6 Å². The molecule has 0 aliphatic heterocycles. The molecule has 1 aromatic rings. The van der Waals surface area contributed by atoms with E-state index in [1.54, 1.807) is 0 Å². The first-order chi connectivity index (χ1) is 10.6. The van der Waals surface area contributed by atoms with Gasteiger partial charge in [0.2, 0.25) is 0 Å². The number of carbonyl (C=O) groups is 1. The smallest absolute Gasteiger partial charge is 0.319 e. The Morgan fingerprint density at radius 3 is 2.82 bits per heavy atom. The number of rotatable bonds is 5. The molecule has 122 valence electrons. The minimum absolute atomic E-state index is 0.0572. The third kappa shape index (κ3) is 4.37. The van der Waals surface area contributed by atoms with Gasteiger partial charge in [0.15, 0.2) is 0 Å². The van der Waals surface area contributed by atoms with Crippen LogP contribution >= 0.6 is 0 Å². The molecular weight excluding hydrogens is 280 g/mol. The zero-order chi connectivity index (χ0) is 15.9. The van der Waals surface area contributed by atoms with E-state index in [1.807, 2.05) is 32.0 Å². The van der Waals surface area contributed by atoms with Crippen molar-refractivity contribution >= 4 is 11.7 Å². The third-order valence-corrected chi connectivity index (χ3v) is 4.22. The average molecular weight is 306 g/mol. The Bertz CT molecular complexity index is 505. The van der Waals surface area contributed by atoms with Crippen molar-refractivity contribution in [2.75, 3.05) is 18.5 Å². The van der Waals surface area contributed by atoms with Gasteiger partial charge in [-0.1, -0.05) is 12.8 Å². The summed E-state index contributed by atoms with van der Waals surface area (Å²) in [7, 11) is 0. The molecule has 1 aliphatic carbocycles. The lowest BCUT2D eigenvalue weighted by atomic mass is 9.85. The Hall–Kier alpha value is -1.75. The number of hydrogen-bond donors (Lipinski definition) is 3. The summed E-state index contributed by atoms with van der Waals surface area (Å²) in [4.78, 5) is 12.2. The highest BCUT2D eigenvalue weighted by Crippen LogP contribution is 2.25. The van der Waals surface area contributed by atoms with Gasteiger partial charge >= 0.3 is 6.03 Å². The van der Waals surface area contributed by atoms with Crippen molar-refractivity contribution in [3.8, 4) is 5.75 Å². The summed E-state index contributed by atoms with van der Waals surface area (Å²) < 4.78 is 5.44. The molecule has 2 atom stereocenters. The maximum Gasteiger partial charge on any atom is 0.319 e. The number of benzene rings is 1. The molecule has 0 saturated heterocycles. The molecule has 3 N–H and O–H groups in total. The van der Waals surface area contributed by atoms with Crippen molar-refractivity contribution in [3.63, 3.8) is 0 Å². The van der Waals surface area contributed by atoms with Crippen LogP contribution in [0.15, 0.2) is 18.2 Å². The zero-order valence-electron chi connectivity index (χ0n) is 13.4. The van der Waals surface area contributed by atoms with Crippen LogP contribution in [-0.4, -0.2) is 30.4 Å². The monoisotopic (exact) mass is 306 g/mol. The van der Waals surface area contributed by atoms with Crippen LogP contribution in [0.4, 0.5) is 10.5 Å². The van der Waals surface area contributed by atoms with E-state index in [9.17, 15) is 9.90 Å². The largest absolute Gasteiger partial charge is 0.494 e. The normalized spacial score (nSPS) is 21.2. The highest BCUT2D eigenvalue weighted by molar-refractivity contribution is 5.90. The second kappa shape index (κ2) is 8.03. The van der Waals surface area contributed by atoms with E-state index in [1.165, 1.54) is 0 Å². The summed E-state index contributed by atoms with van der Waals surface area (Å²) in [5.74, 6) is 0.972. The summed E-state index contributed by atoms with van der Waals surface area (Å²) in [5, 5.41) is 15.3. The third-order valence-electron chi connectivity index (χ3n) is 4.22. The topological polar surface area (TPSA) is 70.6 Å². The van der Waals surface area contributed by atoms with Crippen LogP contribution < -0.4 is 15.4 Å². The maximum absolute atomic E-state index is 12.2.